The van der Waals surface area contributed by atoms with Crippen molar-refractivity contribution in [2.75, 3.05) is 25.1 Å². The molecule has 0 aromatic heterocycles. The molecule has 0 spiro atoms. The maximum atomic E-state index is 7.37. The van der Waals surface area contributed by atoms with Crippen molar-refractivity contribution in [3.63, 3.8) is 0 Å². The fourth-order valence-corrected chi connectivity index (χ4v) is 3.81. The molecule has 0 saturated carbocycles. The maximum absolute atomic E-state index is 7.37. The lowest BCUT2D eigenvalue weighted by atomic mass is 10.1. The van der Waals surface area contributed by atoms with Crippen LogP contribution in [0.25, 0.3) is 0 Å². The van der Waals surface area contributed by atoms with Gasteiger partial charge in [-0.15, -0.1) is 0 Å². The molecule has 4 heteroatoms. The summed E-state index contributed by atoms with van der Waals surface area (Å²) < 4.78 is 5.73. The van der Waals surface area contributed by atoms with Crippen LogP contribution in [0.1, 0.15) is 96.5 Å². The van der Waals surface area contributed by atoms with Gasteiger partial charge in [0, 0.05) is 18.7 Å². The van der Waals surface area contributed by atoms with Crippen LogP contribution in [-0.2, 0) is 0 Å². The third-order valence-electron chi connectivity index (χ3n) is 5.58. The molecule has 28 heavy (non-hydrogen) atoms. The quantitative estimate of drug-likeness (QED) is 0.215. The molecule has 0 aliphatic heterocycles. The van der Waals surface area contributed by atoms with E-state index in [1.54, 1.807) is 7.11 Å². The number of methoxy groups -OCH3 is 1. The van der Waals surface area contributed by atoms with Gasteiger partial charge in [-0.3, -0.25) is 0 Å². The predicted molar refractivity (Wildman–Crippen MR) is 122 cm³/mol. The van der Waals surface area contributed by atoms with Crippen LogP contribution in [0.2, 0.25) is 0 Å². The van der Waals surface area contributed by atoms with Gasteiger partial charge in [0.1, 0.15) is 5.75 Å². The SMILES string of the molecule is CCCCCCCCN(CCCCCCCC)c1ccc(N=N)c(C)c1OC. The van der Waals surface area contributed by atoms with E-state index in [0.717, 1.165) is 30.1 Å². The minimum atomic E-state index is 0.694. The molecule has 0 aliphatic rings. The third-order valence-corrected chi connectivity index (χ3v) is 5.58. The van der Waals surface area contributed by atoms with Crippen molar-refractivity contribution in [1.82, 2.24) is 0 Å². The molecule has 1 N–H and O–H groups in total. The van der Waals surface area contributed by atoms with Crippen LogP contribution in [0.3, 0.4) is 0 Å². The molecule has 0 amide bonds. The zero-order chi connectivity index (χ0) is 20.6. The monoisotopic (exact) mass is 389 g/mol. The van der Waals surface area contributed by atoms with E-state index in [9.17, 15) is 0 Å². The first kappa shape index (κ1) is 24.5. The van der Waals surface area contributed by atoms with Crippen LogP contribution in [0.5, 0.6) is 5.75 Å². The van der Waals surface area contributed by atoms with Crippen LogP contribution in [-0.4, -0.2) is 20.2 Å². The minimum absolute atomic E-state index is 0.694. The van der Waals surface area contributed by atoms with Crippen molar-refractivity contribution < 1.29 is 4.74 Å². The van der Waals surface area contributed by atoms with E-state index in [0.29, 0.717) is 5.69 Å². The fourth-order valence-electron chi connectivity index (χ4n) is 3.81. The number of hydrogen-bond acceptors (Lipinski definition) is 4. The molecule has 0 radical (unpaired) electrons. The second-order valence-electron chi connectivity index (χ2n) is 7.90. The van der Waals surface area contributed by atoms with Crippen molar-refractivity contribution in [2.24, 2.45) is 5.11 Å². The van der Waals surface area contributed by atoms with Crippen LogP contribution in [0.15, 0.2) is 17.2 Å². The summed E-state index contributed by atoms with van der Waals surface area (Å²) in [5.74, 6) is 0.880. The van der Waals surface area contributed by atoms with Gasteiger partial charge in [-0.2, -0.15) is 5.11 Å². The molecule has 1 aromatic rings. The summed E-state index contributed by atoms with van der Waals surface area (Å²) in [6.07, 6.45) is 15.8. The summed E-state index contributed by atoms with van der Waals surface area (Å²) in [5.41, 5.74) is 10.2. The van der Waals surface area contributed by atoms with E-state index in [1.165, 1.54) is 77.0 Å². The van der Waals surface area contributed by atoms with Crippen molar-refractivity contribution in [1.29, 1.82) is 5.53 Å². The Morgan fingerprint density at radius 2 is 1.32 bits per heavy atom. The van der Waals surface area contributed by atoms with Gasteiger partial charge in [0.25, 0.3) is 0 Å². The Balaban J connectivity index is 2.73. The Morgan fingerprint density at radius 1 is 0.821 bits per heavy atom. The highest BCUT2D eigenvalue weighted by atomic mass is 16.5. The molecule has 0 aliphatic carbocycles. The summed E-state index contributed by atoms with van der Waals surface area (Å²) in [6, 6.07) is 4.04. The molecule has 0 bridgehead atoms. The summed E-state index contributed by atoms with van der Waals surface area (Å²) >= 11 is 0. The van der Waals surface area contributed by atoms with E-state index >= 15 is 0 Å². The van der Waals surface area contributed by atoms with Gasteiger partial charge >= 0.3 is 0 Å². The molecule has 0 fully saturated rings. The normalized spacial score (nSPS) is 10.9. The number of ether oxygens (including phenoxy) is 1. The first-order valence-electron chi connectivity index (χ1n) is 11.5. The van der Waals surface area contributed by atoms with Crippen molar-refractivity contribution in [3.05, 3.63) is 17.7 Å². The highest BCUT2D eigenvalue weighted by Gasteiger charge is 2.16. The van der Waals surface area contributed by atoms with Crippen LogP contribution in [0, 0.1) is 12.5 Å². The van der Waals surface area contributed by atoms with Crippen LogP contribution >= 0.6 is 0 Å². The third kappa shape index (κ3) is 8.62. The number of nitrogens with zero attached hydrogens (tertiary/aromatic N) is 2. The van der Waals surface area contributed by atoms with Gasteiger partial charge in [0.15, 0.2) is 0 Å². The highest BCUT2D eigenvalue weighted by molar-refractivity contribution is 5.68. The first-order chi connectivity index (χ1) is 13.7. The van der Waals surface area contributed by atoms with E-state index in [4.69, 9.17) is 10.3 Å². The molecular formula is C24H43N3O. The fraction of sp³-hybridized carbons (Fsp3) is 0.750. The lowest BCUT2D eigenvalue weighted by Crippen LogP contribution is -2.26. The van der Waals surface area contributed by atoms with E-state index in [-0.39, 0.29) is 0 Å². The maximum Gasteiger partial charge on any atom is 0.147 e. The van der Waals surface area contributed by atoms with Gasteiger partial charge in [0.05, 0.1) is 18.5 Å². The van der Waals surface area contributed by atoms with Gasteiger partial charge in [-0.25, -0.2) is 5.53 Å². The van der Waals surface area contributed by atoms with Crippen LogP contribution < -0.4 is 9.64 Å². The van der Waals surface area contributed by atoms with E-state index in [1.807, 2.05) is 13.0 Å². The molecular weight excluding hydrogens is 346 g/mol. The summed E-state index contributed by atoms with van der Waals surface area (Å²) in [4.78, 5) is 2.50. The number of hydrogen-bond donors (Lipinski definition) is 1. The highest BCUT2D eigenvalue weighted by Crippen LogP contribution is 2.37. The summed E-state index contributed by atoms with van der Waals surface area (Å²) in [6.45, 7) is 8.69. The number of benzene rings is 1. The molecule has 0 heterocycles. The largest absolute Gasteiger partial charge is 0.494 e. The lowest BCUT2D eigenvalue weighted by Gasteiger charge is -2.28. The molecule has 4 nitrogen and oxygen atoms in total. The Morgan fingerprint density at radius 3 is 1.79 bits per heavy atom. The molecule has 0 atom stereocenters. The summed E-state index contributed by atoms with van der Waals surface area (Å²) in [5, 5.41) is 3.64. The second-order valence-corrected chi connectivity index (χ2v) is 7.90. The standard InChI is InChI=1S/C24H43N3O/c1-5-7-9-11-13-15-19-27(20-16-14-12-10-8-6-2)23-18-17-22(26-25)21(3)24(23)28-4/h17-18,25H,5-16,19-20H2,1-4H3. The van der Waals surface area contributed by atoms with Gasteiger partial charge in [-0.1, -0.05) is 78.1 Å². The topological polar surface area (TPSA) is 48.7 Å². The van der Waals surface area contributed by atoms with Crippen molar-refractivity contribution in [2.45, 2.75) is 97.8 Å². The average molecular weight is 390 g/mol. The summed E-state index contributed by atoms with van der Waals surface area (Å²) in [7, 11) is 1.73. The number of rotatable bonds is 17. The van der Waals surface area contributed by atoms with Crippen LogP contribution in [0.4, 0.5) is 11.4 Å². The van der Waals surface area contributed by atoms with Crippen molar-refractivity contribution in [3.8, 4) is 5.75 Å². The molecule has 0 unspecified atom stereocenters. The number of nitrogens with one attached hydrogen (secondary N) is 1. The Kier molecular flexibility index (Phi) is 13.4. The lowest BCUT2D eigenvalue weighted by molar-refractivity contribution is 0.410. The average Bonchev–Trinajstić information content (AvgIpc) is 2.71. The minimum Gasteiger partial charge on any atom is -0.494 e. The molecule has 1 rings (SSSR count). The molecule has 1 aromatic carbocycles. The Labute approximate surface area is 173 Å². The van der Waals surface area contributed by atoms with Crippen molar-refractivity contribution >= 4 is 11.4 Å². The Bertz CT molecular complexity index is 529. The second kappa shape index (κ2) is 15.4. The van der Waals surface area contributed by atoms with E-state index < -0.39 is 0 Å². The zero-order valence-electron chi connectivity index (χ0n) is 18.9. The predicted octanol–water partition coefficient (Wildman–Crippen LogP) is 8.19. The van der Waals surface area contributed by atoms with Gasteiger partial charge in [0.2, 0.25) is 0 Å². The number of unbranched alkanes of at least 4 members (excludes halogenated alkanes) is 10. The van der Waals surface area contributed by atoms with E-state index in [2.05, 4.69) is 29.9 Å². The smallest absolute Gasteiger partial charge is 0.147 e. The number of anilines is 1. The molecule has 0 saturated heterocycles. The Hall–Kier alpha value is -1.58. The first-order valence-corrected chi connectivity index (χ1v) is 11.5. The van der Waals surface area contributed by atoms with Gasteiger partial charge in [-0.05, 0) is 31.9 Å². The zero-order valence-corrected chi connectivity index (χ0v) is 18.9. The van der Waals surface area contributed by atoms with Gasteiger partial charge < -0.3 is 9.64 Å². The molecule has 160 valence electrons.